The molecule has 0 fully saturated rings. The number of alkyl halides is 1. The van der Waals surface area contributed by atoms with Crippen LogP contribution in [-0.4, -0.2) is 28.7 Å². The Morgan fingerprint density at radius 3 is 3.07 bits per heavy atom. The van der Waals surface area contributed by atoms with Crippen LogP contribution in [-0.2, 0) is 0 Å². The van der Waals surface area contributed by atoms with Gasteiger partial charge in [-0.25, -0.2) is 4.98 Å². The number of thioether (sulfide) groups is 1. The minimum Gasteiger partial charge on any atom is -0.480 e. The van der Waals surface area contributed by atoms with Gasteiger partial charge in [-0.05, 0) is 22.4 Å². The van der Waals surface area contributed by atoms with E-state index < -0.39 is 0 Å². The average molecular weight is 298 g/mol. The van der Waals surface area contributed by atoms with E-state index in [-0.39, 0.29) is 0 Å². The van der Waals surface area contributed by atoms with Crippen LogP contribution in [0.1, 0.15) is 6.42 Å². The molecule has 1 aromatic heterocycles. The van der Waals surface area contributed by atoms with E-state index in [4.69, 9.17) is 16.3 Å². The zero-order valence-electron chi connectivity index (χ0n) is 7.67. The maximum absolute atomic E-state index is 5.57. The molecule has 0 unspecified atom stereocenters. The van der Waals surface area contributed by atoms with Crippen LogP contribution in [0.5, 0.6) is 5.88 Å². The van der Waals surface area contributed by atoms with Gasteiger partial charge in [-0.2, -0.15) is 4.98 Å². The van der Waals surface area contributed by atoms with Crippen molar-refractivity contribution in [2.75, 3.05) is 18.7 Å². The third-order valence-electron chi connectivity index (χ3n) is 1.39. The van der Waals surface area contributed by atoms with Crippen molar-refractivity contribution >= 4 is 39.3 Å². The molecule has 0 saturated heterocycles. The maximum Gasteiger partial charge on any atom is 0.231 e. The molecule has 1 rings (SSSR count). The molecule has 0 aromatic carbocycles. The largest absolute Gasteiger partial charge is 0.480 e. The standard InChI is InChI=1S/C8H10BrClN2OS/c1-13-7-6(9)5-11-8(12-7)14-4-2-3-10/h5H,2-4H2,1H3. The molecule has 0 aliphatic carbocycles. The maximum atomic E-state index is 5.57. The Balaban J connectivity index is 2.60. The molecule has 0 N–H and O–H groups in total. The van der Waals surface area contributed by atoms with Gasteiger partial charge in [0.2, 0.25) is 5.88 Å². The van der Waals surface area contributed by atoms with Crippen molar-refractivity contribution in [3.8, 4) is 5.88 Å². The lowest BCUT2D eigenvalue weighted by molar-refractivity contribution is 0.389. The first-order chi connectivity index (χ1) is 6.77. The summed E-state index contributed by atoms with van der Waals surface area (Å²) in [5, 5.41) is 0.718. The van der Waals surface area contributed by atoms with Crippen LogP contribution in [0.2, 0.25) is 0 Å². The van der Waals surface area contributed by atoms with Gasteiger partial charge in [0.25, 0.3) is 0 Å². The molecule has 6 heteroatoms. The van der Waals surface area contributed by atoms with Crippen molar-refractivity contribution in [2.24, 2.45) is 0 Å². The van der Waals surface area contributed by atoms with Crippen LogP contribution in [0.4, 0.5) is 0 Å². The Morgan fingerprint density at radius 2 is 2.43 bits per heavy atom. The third-order valence-corrected chi connectivity index (χ3v) is 3.15. The molecule has 0 atom stereocenters. The highest BCUT2D eigenvalue weighted by Gasteiger charge is 2.04. The number of nitrogens with zero attached hydrogens (tertiary/aromatic N) is 2. The number of halogens is 2. The summed E-state index contributed by atoms with van der Waals surface area (Å²) in [6.45, 7) is 0. The second-order valence-electron chi connectivity index (χ2n) is 2.40. The van der Waals surface area contributed by atoms with Crippen molar-refractivity contribution in [1.82, 2.24) is 9.97 Å². The molecular formula is C8H10BrClN2OS. The molecule has 0 amide bonds. The molecule has 3 nitrogen and oxygen atoms in total. The highest BCUT2D eigenvalue weighted by atomic mass is 79.9. The fraction of sp³-hybridized carbons (Fsp3) is 0.500. The normalized spacial score (nSPS) is 10.2. The van der Waals surface area contributed by atoms with Gasteiger partial charge in [0, 0.05) is 17.8 Å². The second-order valence-corrected chi connectivity index (χ2v) is 4.70. The fourth-order valence-corrected chi connectivity index (χ4v) is 2.16. The second kappa shape index (κ2) is 6.48. The van der Waals surface area contributed by atoms with Gasteiger partial charge in [0.05, 0.1) is 11.6 Å². The van der Waals surface area contributed by atoms with Crippen LogP contribution in [0.3, 0.4) is 0 Å². The fourth-order valence-electron chi connectivity index (χ4n) is 0.767. The molecular weight excluding hydrogens is 288 g/mol. The monoisotopic (exact) mass is 296 g/mol. The number of aromatic nitrogens is 2. The summed E-state index contributed by atoms with van der Waals surface area (Å²) in [6, 6.07) is 0. The summed E-state index contributed by atoms with van der Waals surface area (Å²) in [6.07, 6.45) is 2.64. The van der Waals surface area contributed by atoms with Crippen molar-refractivity contribution < 1.29 is 4.74 Å². The summed E-state index contributed by atoms with van der Waals surface area (Å²) < 4.78 is 5.82. The highest BCUT2D eigenvalue weighted by molar-refractivity contribution is 9.10. The van der Waals surface area contributed by atoms with Crippen molar-refractivity contribution in [2.45, 2.75) is 11.6 Å². The minimum atomic E-state index is 0.563. The summed E-state index contributed by atoms with van der Waals surface area (Å²) >= 11 is 10.4. The third kappa shape index (κ3) is 3.63. The predicted octanol–water partition coefficient (Wildman–Crippen LogP) is 2.97. The highest BCUT2D eigenvalue weighted by Crippen LogP contribution is 2.24. The summed E-state index contributed by atoms with van der Waals surface area (Å²) in [5.74, 6) is 2.16. The first-order valence-electron chi connectivity index (χ1n) is 4.03. The lowest BCUT2D eigenvalue weighted by Crippen LogP contribution is -1.94. The lowest BCUT2D eigenvalue weighted by atomic mass is 10.6. The number of ether oxygens (including phenoxy) is 1. The Labute approximate surface area is 101 Å². The van der Waals surface area contributed by atoms with Gasteiger partial charge in [0.1, 0.15) is 0 Å². The molecule has 78 valence electrons. The first kappa shape index (κ1) is 12.1. The van der Waals surface area contributed by atoms with Gasteiger partial charge in [0.15, 0.2) is 5.16 Å². The molecule has 0 saturated carbocycles. The smallest absolute Gasteiger partial charge is 0.231 e. The summed E-state index contributed by atoms with van der Waals surface area (Å²) in [4.78, 5) is 8.34. The minimum absolute atomic E-state index is 0.563. The molecule has 0 bridgehead atoms. The van der Waals surface area contributed by atoms with E-state index in [1.54, 1.807) is 25.1 Å². The Bertz CT molecular complexity index is 301. The molecule has 0 aliphatic rings. The van der Waals surface area contributed by atoms with E-state index in [1.165, 1.54) is 0 Å². The predicted molar refractivity (Wildman–Crippen MR) is 62.3 cm³/mol. The van der Waals surface area contributed by atoms with Crippen LogP contribution in [0.25, 0.3) is 0 Å². The van der Waals surface area contributed by atoms with Gasteiger partial charge in [-0.3, -0.25) is 0 Å². The molecule has 0 spiro atoms. The van der Waals surface area contributed by atoms with E-state index in [1.807, 2.05) is 0 Å². The van der Waals surface area contributed by atoms with Gasteiger partial charge < -0.3 is 4.74 Å². The number of hydrogen-bond acceptors (Lipinski definition) is 4. The van der Waals surface area contributed by atoms with Crippen LogP contribution in [0.15, 0.2) is 15.8 Å². The van der Waals surface area contributed by atoms with Crippen molar-refractivity contribution in [3.05, 3.63) is 10.7 Å². The zero-order chi connectivity index (χ0) is 10.4. The van der Waals surface area contributed by atoms with Crippen molar-refractivity contribution in [1.29, 1.82) is 0 Å². The summed E-state index contributed by atoms with van der Waals surface area (Å²) in [7, 11) is 1.58. The van der Waals surface area contributed by atoms with E-state index in [0.29, 0.717) is 11.8 Å². The first-order valence-corrected chi connectivity index (χ1v) is 6.34. The molecule has 1 heterocycles. The number of methoxy groups -OCH3 is 1. The van der Waals surface area contributed by atoms with Crippen molar-refractivity contribution in [3.63, 3.8) is 0 Å². The Hall–Kier alpha value is -0.000000000000000111. The topological polar surface area (TPSA) is 35.0 Å². The quantitative estimate of drug-likeness (QED) is 0.362. The zero-order valence-corrected chi connectivity index (χ0v) is 10.8. The average Bonchev–Trinajstić information content (AvgIpc) is 2.21. The number of hydrogen-bond donors (Lipinski definition) is 0. The van der Waals surface area contributed by atoms with E-state index in [9.17, 15) is 0 Å². The van der Waals surface area contributed by atoms with Gasteiger partial charge in [-0.1, -0.05) is 11.8 Å². The SMILES string of the molecule is COc1nc(SCCCCl)ncc1Br. The molecule has 0 radical (unpaired) electrons. The van der Waals surface area contributed by atoms with Crippen LogP contribution in [0, 0.1) is 0 Å². The Morgan fingerprint density at radius 1 is 1.64 bits per heavy atom. The van der Waals surface area contributed by atoms with Gasteiger partial charge in [-0.15, -0.1) is 11.6 Å². The lowest BCUT2D eigenvalue weighted by Gasteiger charge is -2.03. The van der Waals surface area contributed by atoms with E-state index in [0.717, 1.165) is 21.8 Å². The molecule has 0 aliphatic heterocycles. The molecule has 1 aromatic rings. The van der Waals surface area contributed by atoms with Gasteiger partial charge >= 0.3 is 0 Å². The van der Waals surface area contributed by atoms with E-state index in [2.05, 4.69) is 25.9 Å². The Kier molecular flexibility index (Phi) is 5.59. The molecule has 14 heavy (non-hydrogen) atoms. The van der Waals surface area contributed by atoms with Crippen LogP contribution < -0.4 is 4.74 Å². The van der Waals surface area contributed by atoms with Crippen LogP contribution >= 0.6 is 39.3 Å². The number of rotatable bonds is 5. The van der Waals surface area contributed by atoms with E-state index >= 15 is 0 Å². The summed E-state index contributed by atoms with van der Waals surface area (Å²) in [5.41, 5.74) is 0.